The first-order valence-corrected chi connectivity index (χ1v) is 10.8. The predicted molar refractivity (Wildman–Crippen MR) is 91.1 cm³/mol. The number of nitrogens with one attached hydrogen (secondary N) is 1. The maximum Gasteiger partial charge on any atom is 0.269 e. The first-order valence-electron chi connectivity index (χ1n) is 8.36. The quantitative estimate of drug-likeness (QED) is 0.753. The van der Waals surface area contributed by atoms with E-state index in [1.165, 1.54) is 0 Å². The van der Waals surface area contributed by atoms with Gasteiger partial charge in [-0.05, 0) is 70.4 Å². The summed E-state index contributed by atoms with van der Waals surface area (Å²) in [6.07, 6.45) is 0.298. The fraction of sp³-hybridized carbons (Fsp3) is 1.00. The SMILES string of the molecule is CC(C)O[Si](C)(NC(C)(C)C)C1C(C)C(C)C(C)C1C. The van der Waals surface area contributed by atoms with Crippen LogP contribution in [-0.2, 0) is 4.43 Å². The molecule has 20 heavy (non-hydrogen) atoms. The summed E-state index contributed by atoms with van der Waals surface area (Å²) in [5.41, 5.74) is 0.804. The van der Waals surface area contributed by atoms with Crippen molar-refractivity contribution in [2.75, 3.05) is 0 Å². The summed E-state index contributed by atoms with van der Waals surface area (Å²) >= 11 is 0. The highest BCUT2D eigenvalue weighted by Crippen LogP contribution is 2.53. The van der Waals surface area contributed by atoms with Crippen molar-refractivity contribution in [3.05, 3.63) is 0 Å². The summed E-state index contributed by atoms with van der Waals surface area (Å²) in [5.74, 6) is 3.06. The first kappa shape index (κ1) is 18.2. The van der Waals surface area contributed by atoms with E-state index in [1.807, 2.05) is 0 Å². The smallest absolute Gasteiger partial charge is 0.269 e. The van der Waals surface area contributed by atoms with E-state index in [9.17, 15) is 0 Å². The Hall–Kier alpha value is 0.137. The molecule has 0 aliphatic heterocycles. The molecule has 0 amide bonds. The molecule has 5 atom stereocenters. The van der Waals surface area contributed by atoms with E-state index >= 15 is 0 Å². The molecule has 120 valence electrons. The highest BCUT2D eigenvalue weighted by molar-refractivity contribution is 6.72. The van der Waals surface area contributed by atoms with Gasteiger partial charge in [0.2, 0.25) is 0 Å². The Kier molecular flexibility index (Phi) is 5.54. The van der Waals surface area contributed by atoms with Gasteiger partial charge in [-0.2, -0.15) is 0 Å². The van der Waals surface area contributed by atoms with E-state index in [0.29, 0.717) is 11.6 Å². The van der Waals surface area contributed by atoms with Crippen LogP contribution in [0.25, 0.3) is 0 Å². The molecule has 1 rings (SSSR count). The maximum absolute atomic E-state index is 6.56. The van der Waals surface area contributed by atoms with Crippen LogP contribution in [0.3, 0.4) is 0 Å². The molecule has 3 heteroatoms. The molecular formula is C17H37NOSi. The number of hydrogen-bond acceptors (Lipinski definition) is 2. The molecule has 5 unspecified atom stereocenters. The molecule has 0 bridgehead atoms. The number of hydrogen-bond donors (Lipinski definition) is 1. The molecule has 1 N–H and O–H groups in total. The average Bonchev–Trinajstić information content (AvgIpc) is 2.39. The molecule has 0 saturated heterocycles. The summed E-state index contributed by atoms with van der Waals surface area (Å²) in [7, 11) is -1.97. The topological polar surface area (TPSA) is 21.3 Å². The Bertz CT molecular complexity index is 311. The zero-order valence-corrected chi connectivity index (χ0v) is 16.4. The second kappa shape index (κ2) is 6.10. The minimum atomic E-state index is -1.97. The Balaban J connectivity index is 3.10. The van der Waals surface area contributed by atoms with Crippen molar-refractivity contribution in [3.63, 3.8) is 0 Å². The zero-order valence-electron chi connectivity index (χ0n) is 15.4. The van der Waals surface area contributed by atoms with Crippen LogP contribution in [0.5, 0.6) is 0 Å². The minimum Gasteiger partial charge on any atom is -0.401 e. The molecule has 0 spiro atoms. The van der Waals surface area contributed by atoms with E-state index in [0.717, 1.165) is 23.7 Å². The Morgan fingerprint density at radius 2 is 1.30 bits per heavy atom. The van der Waals surface area contributed by atoms with Crippen LogP contribution in [0.4, 0.5) is 0 Å². The fourth-order valence-electron chi connectivity index (χ4n) is 4.52. The lowest BCUT2D eigenvalue weighted by Crippen LogP contribution is -2.63. The van der Waals surface area contributed by atoms with Crippen LogP contribution in [0.2, 0.25) is 12.1 Å². The van der Waals surface area contributed by atoms with Crippen molar-refractivity contribution >= 4 is 8.48 Å². The first-order chi connectivity index (χ1) is 8.89. The summed E-state index contributed by atoms with van der Waals surface area (Å²) in [6, 6.07) is 0. The lowest BCUT2D eigenvalue weighted by atomic mass is 9.92. The molecule has 0 aromatic rings. The van der Waals surface area contributed by atoms with E-state index in [-0.39, 0.29) is 5.54 Å². The Morgan fingerprint density at radius 1 is 0.900 bits per heavy atom. The summed E-state index contributed by atoms with van der Waals surface area (Å²) in [4.78, 5) is 3.92. The van der Waals surface area contributed by atoms with Crippen molar-refractivity contribution in [1.82, 2.24) is 4.98 Å². The molecule has 0 heterocycles. The van der Waals surface area contributed by atoms with E-state index in [2.05, 4.69) is 73.8 Å². The average molecular weight is 300 g/mol. The highest BCUT2D eigenvalue weighted by atomic mass is 28.4. The van der Waals surface area contributed by atoms with Crippen LogP contribution in [0.15, 0.2) is 0 Å². The van der Waals surface area contributed by atoms with Crippen molar-refractivity contribution in [3.8, 4) is 0 Å². The Labute approximate surface area is 128 Å². The normalized spacial score (nSPS) is 38.2. The van der Waals surface area contributed by atoms with Gasteiger partial charge >= 0.3 is 0 Å². The maximum atomic E-state index is 6.56. The lowest BCUT2D eigenvalue weighted by molar-refractivity contribution is 0.195. The third-order valence-electron chi connectivity index (χ3n) is 5.36. The third kappa shape index (κ3) is 3.86. The van der Waals surface area contributed by atoms with Gasteiger partial charge in [-0.3, -0.25) is 0 Å². The van der Waals surface area contributed by atoms with Crippen LogP contribution >= 0.6 is 0 Å². The summed E-state index contributed by atoms with van der Waals surface area (Å²) in [5, 5.41) is 0. The van der Waals surface area contributed by atoms with E-state index < -0.39 is 8.48 Å². The second-order valence-corrected chi connectivity index (χ2v) is 12.0. The highest BCUT2D eigenvalue weighted by Gasteiger charge is 2.54. The largest absolute Gasteiger partial charge is 0.401 e. The Morgan fingerprint density at radius 3 is 1.60 bits per heavy atom. The molecular weight excluding hydrogens is 262 g/mol. The monoisotopic (exact) mass is 299 g/mol. The van der Waals surface area contributed by atoms with Gasteiger partial charge in [0.05, 0.1) is 0 Å². The van der Waals surface area contributed by atoms with Gasteiger partial charge in [0, 0.05) is 11.6 Å². The lowest BCUT2D eigenvalue weighted by Gasteiger charge is -2.44. The van der Waals surface area contributed by atoms with Gasteiger partial charge in [-0.15, -0.1) is 0 Å². The predicted octanol–water partition coefficient (Wildman–Crippen LogP) is 4.80. The van der Waals surface area contributed by atoms with Crippen LogP contribution < -0.4 is 4.98 Å². The number of rotatable bonds is 4. The summed E-state index contributed by atoms with van der Waals surface area (Å²) < 4.78 is 6.56. The van der Waals surface area contributed by atoms with Gasteiger partial charge < -0.3 is 9.41 Å². The third-order valence-corrected chi connectivity index (χ3v) is 9.89. The van der Waals surface area contributed by atoms with Crippen LogP contribution in [0.1, 0.15) is 62.3 Å². The van der Waals surface area contributed by atoms with Gasteiger partial charge in [0.15, 0.2) is 0 Å². The minimum absolute atomic E-state index is 0.115. The van der Waals surface area contributed by atoms with Crippen molar-refractivity contribution in [2.45, 2.75) is 86.0 Å². The van der Waals surface area contributed by atoms with Crippen molar-refractivity contribution < 1.29 is 4.43 Å². The van der Waals surface area contributed by atoms with Gasteiger partial charge in [-0.1, -0.05) is 27.7 Å². The van der Waals surface area contributed by atoms with E-state index in [4.69, 9.17) is 4.43 Å². The van der Waals surface area contributed by atoms with Gasteiger partial charge in [-0.25, -0.2) is 0 Å². The van der Waals surface area contributed by atoms with Crippen molar-refractivity contribution in [1.29, 1.82) is 0 Å². The van der Waals surface area contributed by atoms with Crippen LogP contribution in [-0.4, -0.2) is 20.1 Å². The van der Waals surface area contributed by atoms with Crippen LogP contribution in [0, 0.1) is 23.7 Å². The molecule has 1 fully saturated rings. The summed E-state index contributed by atoms with van der Waals surface area (Å²) in [6.45, 7) is 23.3. The molecule has 0 aromatic heterocycles. The van der Waals surface area contributed by atoms with Crippen molar-refractivity contribution in [2.24, 2.45) is 23.7 Å². The van der Waals surface area contributed by atoms with Gasteiger partial charge in [0.1, 0.15) is 0 Å². The second-order valence-electron chi connectivity index (χ2n) is 8.61. The molecule has 2 nitrogen and oxygen atoms in total. The molecule has 0 radical (unpaired) electrons. The molecule has 0 aromatic carbocycles. The van der Waals surface area contributed by atoms with E-state index in [1.54, 1.807) is 0 Å². The molecule has 1 aliphatic carbocycles. The molecule has 1 aliphatic rings. The molecule has 1 saturated carbocycles. The standard InChI is InChI=1S/C17H37NOSi/c1-11(2)19-20(10,18-17(7,8)9)16-14(5)12(3)13(4)15(16)6/h11-16,18H,1-10H3. The van der Waals surface area contributed by atoms with Gasteiger partial charge in [0.25, 0.3) is 8.48 Å². The fourth-order valence-corrected chi connectivity index (χ4v) is 9.98. The zero-order chi connectivity index (χ0) is 15.9.